The zero-order valence-corrected chi connectivity index (χ0v) is 10.4. The molecular weight excluding hydrogens is 244 g/mol. The topological polar surface area (TPSA) is 45.2 Å². The van der Waals surface area contributed by atoms with Crippen LogP contribution in [0.15, 0.2) is 29.6 Å². The molecular formula is C11H13ClN2OS. The summed E-state index contributed by atoms with van der Waals surface area (Å²) in [7, 11) is 1.90. The van der Waals surface area contributed by atoms with Crippen LogP contribution in [0.3, 0.4) is 0 Å². The molecule has 2 aromatic rings. The number of nitrogens with one attached hydrogen (secondary N) is 1. The van der Waals surface area contributed by atoms with Crippen LogP contribution in [0.2, 0.25) is 0 Å². The van der Waals surface area contributed by atoms with E-state index in [1.54, 1.807) is 23.5 Å². The summed E-state index contributed by atoms with van der Waals surface area (Å²) in [6, 6.07) is 7.08. The molecule has 1 aromatic carbocycles. The van der Waals surface area contributed by atoms with Gasteiger partial charge in [-0.25, -0.2) is 4.98 Å². The van der Waals surface area contributed by atoms with Gasteiger partial charge in [0.25, 0.3) is 0 Å². The molecule has 2 N–H and O–H groups in total. The van der Waals surface area contributed by atoms with Gasteiger partial charge in [0.05, 0.1) is 5.69 Å². The van der Waals surface area contributed by atoms with E-state index < -0.39 is 0 Å². The number of aromatic hydroxyl groups is 1. The van der Waals surface area contributed by atoms with Gasteiger partial charge >= 0.3 is 0 Å². The molecule has 0 saturated heterocycles. The van der Waals surface area contributed by atoms with E-state index in [-0.39, 0.29) is 18.2 Å². The zero-order valence-electron chi connectivity index (χ0n) is 8.80. The van der Waals surface area contributed by atoms with Crippen LogP contribution in [-0.2, 0) is 6.54 Å². The molecule has 0 saturated carbocycles. The lowest BCUT2D eigenvalue weighted by atomic mass is 10.2. The molecule has 0 radical (unpaired) electrons. The molecule has 0 aliphatic heterocycles. The number of hydrogen-bond donors (Lipinski definition) is 2. The Morgan fingerprint density at radius 1 is 1.31 bits per heavy atom. The van der Waals surface area contributed by atoms with E-state index in [2.05, 4.69) is 10.3 Å². The fraction of sp³-hybridized carbons (Fsp3) is 0.182. The van der Waals surface area contributed by atoms with Gasteiger partial charge in [0, 0.05) is 17.5 Å². The van der Waals surface area contributed by atoms with Crippen molar-refractivity contribution in [1.29, 1.82) is 0 Å². The number of phenols is 1. The van der Waals surface area contributed by atoms with Gasteiger partial charge < -0.3 is 10.4 Å². The average Bonchev–Trinajstić information content (AvgIpc) is 2.68. The first-order valence-corrected chi connectivity index (χ1v) is 5.56. The largest absolute Gasteiger partial charge is 0.508 e. The molecule has 0 amide bonds. The van der Waals surface area contributed by atoms with Crippen molar-refractivity contribution in [2.24, 2.45) is 0 Å². The quantitative estimate of drug-likeness (QED) is 0.888. The molecule has 1 aromatic heterocycles. The Morgan fingerprint density at radius 3 is 2.62 bits per heavy atom. The second-order valence-corrected chi connectivity index (χ2v) is 4.15. The first-order valence-electron chi connectivity index (χ1n) is 4.68. The maximum absolute atomic E-state index is 9.17. The van der Waals surface area contributed by atoms with Gasteiger partial charge in [0.1, 0.15) is 10.8 Å². The van der Waals surface area contributed by atoms with Crippen LogP contribution in [0.5, 0.6) is 5.75 Å². The summed E-state index contributed by atoms with van der Waals surface area (Å²) in [5.74, 6) is 0.282. The van der Waals surface area contributed by atoms with Gasteiger partial charge in [-0.05, 0) is 31.3 Å². The summed E-state index contributed by atoms with van der Waals surface area (Å²) in [6.07, 6.45) is 0. The number of nitrogens with zero attached hydrogens (tertiary/aromatic N) is 1. The fourth-order valence-electron chi connectivity index (χ4n) is 1.31. The van der Waals surface area contributed by atoms with Crippen LogP contribution >= 0.6 is 23.7 Å². The summed E-state index contributed by atoms with van der Waals surface area (Å²) in [5.41, 5.74) is 2.00. The second kappa shape index (κ2) is 5.84. The van der Waals surface area contributed by atoms with Crippen LogP contribution < -0.4 is 5.32 Å². The third-order valence-corrected chi connectivity index (χ3v) is 2.89. The van der Waals surface area contributed by atoms with E-state index in [0.717, 1.165) is 22.8 Å². The minimum Gasteiger partial charge on any atom is -0.508 e. The van der Waals surface area contributed by atoms with Crippen LogP contribution in [-0.4, -0.2) is 17.1 Å². The molecule has 1 heterocycles. The Balaban J connectivity index is 0.00000128. The lowest BCUT2D eigenvalue weighted by Crippen LogP contribution is -2.04. The molecule has 0 unspecified atom stereocenters. The van der Waals surface area contributed by atoms with Crippen molar-refractivity contribution >= 4 is 23.7 Å². The Kier molecular flexibility index (Phi) is 4.73. The molecule has 5 heteroatoms. The highest BCUT2D eigenvalue weighted by molar-refractivity contribution is 7.09. The molecule has 0 aliphatic carbocycles. The van der Waals surface area contributed by atoms with Crippen molar-refractivity contribution in [1.82, 2.24) is 10.3 Å². The zero-order chi connectivity index (χ0) is 10.7. The number of thiazole rings is 1. The lowest BCUT2D eigenvalue weighted by molar-refractivity contribution is 0.475. The van der Waals surface area contributed by atoms with Crippen molar-refractivity contribution in [3.05, 3.63) is 34.7 Å². The van der Waals surface area contributed by atoms with E-state index in [4.69, 9.17) is 5.11 Å². The molecule has 16 heavy (non-hydrogen) atoms. The van der Waals surface area contributed by atoms with E-state index in [0.29, 0.717) is 0 Å². The third-order valence-electron chi connectivity index (χ3n) is 2.04. The number of phenolic OH excluding ortho intramolecular Hbond substituents is 1. The Morgan fingerprint density at radius 2 is 2.00 bits per heavy atom. The highest BCUT2D eigenvalue weighted by Gasteiger charge is 2.03. The third kappa shape index (κ3) is 2.95. The van der Waals surface area contributed by atoms with Crippen molar-refractivity contribution in [2.45, 2.75) is 6.54 Å². The van der Waals surface area contributed by atoms with Gasteiger partial charge in [0.2, 0.25) is 0 Å². The number of halogens is 1. The van der Waals surface area contributed by atoms with E-state index >= 15 is 0 Å². The summed E-state index contributed by atoms with van der Waals surface area (Å²) in [6.45, 7) is 0.794. The van der Waals surface area contributed by atoms with Gasteiger partial charge in [-0.3, -0.25) is 0 Å². The van der Waals surface area contributed by atoms with Crippen LogP contribution in [0.1, 0.15) is 5.01 Å². The average molecular weight is 257 g/mol. The normalized spacial score (nSPS) is 9.81. The van der Waals surface area contributed by atoms with Crippen molar-refractivity contribution in [2.75, 3.05) is 7.05 Å². The van der Waals surface area contributed by atoms with Gasteiger partial charge in [0.15, 0.2) is 0 Å². The van der Waals surface area contributed by atoms with E-state index in [9.17, 15) is 0 Å². The number of hydrogen-bond acceptors (Lipinski definition) is 4. The molecule has 0 spiro atoms. The number of aromatic nitrogens is 1. The first kappa shape index (κ1) is 13.0. The molecule has 0 bridgehead atoms. The van der Waals surface area contributed by atoms with Crippen molar-refractivity contribution < 1.29 is 5.11 Å². The lowest BCUT2D eigenvalue weighted by Gasteiger charge is -1.96. The monoisotopic (exact) mass is 256 g/mol. The first-order chi connectivity index (χ1) is 7.29. The molecule has 0 aliphatic rings. The second-order valence-electron chi connectivity index (χ2n) is 3.20. The minimum atomic E-state index is 0. The summed E-state index contributed by atoms with van der Waals surface area (Å²) < 4.78 is 0. The summed E-state index contributed by atoms with van der Waals surface area (Å²) in [4.78, 5) is 4.47. The highest BCUT2D eigenvalue weighted by atomic mass is 35.5. The summed E-state index contributed by atoms with van der Waals surface area (Å²) >= 11 is 1.64. The SMILES string of the molecule is CNCc1nc(-c2ccc(O)cc2)cs1.Cl. The van der Waals surface area contributed by atoms with Gasteiger partial charge in [-0.15, -0.1) is 23.7 Å². The van der Waals surface area contributed by atoms with E-state index in [1.807, 2.05) is 24.6 Å². The molecule has 2 rings (SSSR count). The molecule has 0 atom stereocenters. The maximum atomic E-state index is 9.17. The Bertz CT molecular complexity index is 442. The predicted molar refractivity (Wildman–Crippen MR) is 69.2 cm³/mol. The Hall–Kier alpha value is -1.10. The van der Waals surface area contributed by atoms with Gasteiger partial charge in [-0.2, -0.15) is 0 Å². The minimum absolute atomic E-state index is 0. The van der Waals surface area contributed by atoms with Crippen LogP contribution in [0, 0.1) is 0 Å². The van der Waals surface area contributed by atoms with E-state index in [1.165, 1.54) is 0 Å². The van der Waals surface area contributed by atoms with Crippen LogP contribution in [0.25, 0.3) is 11.3 Å². The van der Waals surface area contributed by atoms with Crippen molar-refractivity contribution in [3.8, 4) is 17.0 Å². The highest BCUT2D eigenvalue weighted by Crippen LogP contribution is 2.23. The van der Waals surface area contributed by atoms with Crippen LogP contribution in [0.4, 0.5) is 0 Å². The molecule has 3 nitrogen and oxygen atoms in total. The Labute approximate surface area is 105 Å². The molecule has 0 fully saturated rings. The van der Waals surface area contributed by atoms with Gasteiger partial charge in [-0.1, -0.05) is 0 Å². The number of benzene rings is 1. The molecule has 86 valence electrons. The smallest absolute Gasteiger partial charge is 0.115 e. The maximum Gasteiger partial charge on any atom is 0.115 e. The van der Waals surface area contributed by atoms with Crippen molar-refractivity contribution in [3.63, 3.8) is 0 Å². The number of rotatable bonds is 3. The fourth-order valence-corrected chi connectivity index (χ4v) is 2.12. The summed E-state index contributed by atoms with van der Waals surface area (Å²) in [5, 5.41) is 15.3. The standard InChI is InChI=1S/C11H12N2OS.ClH/c1-12-6-11-13-10(7-15-11)8-2-4-9(14)5-3-8;/h2-5,7,12,14H,6H2,1H3;1H. The predicted octanol–water partition coefficient (Wildman–Crippen LogP) is 2.66.